The van der Waals surface area contributed by atoms with Crippen molar-refractivity contribution in [3.05, 3.63) is 0 Å². The third-order valence-corrected chi connectivity index (χ3v) is 0. The van der Waals surface area contributed by atoms with Gasteiger partial charge < -0.3 is 0 Å². The molecule has 0 nitrogen and oxygen atoms in total. The second-order valence-electron chi connectivity index (χ2n) is 0. The first-order valence-corrected chi connectivity index (χ1v) is 2.26. The van der Waals surface area contributed by atoms with Crippen molar-refractivity contribution in [2.45, 2.75) is 0 Å². The summed E-state index contributed by atoms with van der Waals surface area (Å²) in [5, 5.41) is 0. The van der Waals surface area contributed by atoms with Gasteiger partial charge >= 0.3 is 26.0 Å². The molecule has 0 saturated heterocycles. The zero-order chi connectivity index (χ0) is 2.00. The molecule has 118 radical (unpaired) electrons. The van der Waals surface area contributed by atoms with Crippen molar-refractivity contribution in [1.82, 2.24) is 0 Å². The average molecular weight is 6090 g/mol. The zero-order valence-corrected chi connectivity index (χ0v) is 221. The van der Waals surface area contributed by atoms with Crippen LogP contribution in [0.4, 0.5) is 0 Å². The van der Waals surface area contributed by atoms with Crippen LogP contribution in [-0.4, -0.2) is 0 Å². The van der Waals surface area contributed by atoms with E-state index in [2.05, 4.69) is 10.3 Å². The quantitative estimate of drug-likeness (QED) is 0.338. The molecule has 0 aliphatic carbocycles. The fraction of sp³-hybridized carbons (Fsp3) is 0. The van der Waals surface area contributed by atoms with E-state index in [9.17, 15) is 0 Å². The van der Waals surface area contributed by atoms with Gasteiger partial charge in [-0.2, -0.15) is 0 Å². The Labute approximate surface area is 2150 Å². The molecule has 0 saturated carbocycles. The van der Waals surface area contributed by atoms with Crippen molar-refractivity contribution >= 4 is 10.3 Å². The van der Waals surface area contributed by atoms with E-state index in [0.29, 0.717) is 0 Å². The first-order chi connectivity index (χ1) is 1.00. The van der Waals surface area contributed by atoms with Crippen molar-refractivity contribution in [2.75, 3.05) is 0 Å². The van der Waals surface area contributed by atoms with Gasteiger partial charge in [0.05, 0.1) is 0 Å². The van der Waals surface area contributed by atoms with E-state index in [1.165, 1.54) is 0 Å². The first-order valence-electron chi connectivity index (χ1n) is 0.183. The van der Waals surface area contributed by atoms with E-state index in [4.69, 9.17) is 0 Å². The van der Waals surface area contributed by atoms with Crippen LogP contribution in [0.1, 0.15) is 0 Å². The number of rotatable bonds is 0. The van der Waals surface area contributed by atoms with Gasteiger partial charge in [0.1, 0.15) is 0 Å². The summed E-state index contributed by atoms with van der Waals surface area (Å²) in [6.07, 6.45) is 0. The van der Waals surface area contributed by atoms with E-state index >= 15 is 0 Å². The fourth-order valence-corrected chi connectivity index (χ4v) is 0. The van der Waals surface area contributed by atoms with Gasteiger partial charge in [-0.3, -0.25) is 0 Å². The molecule has 0 N–H and O–H groups in total. The molecule has 0 heterocycles. The maximum atomic E-state index is 4.02. The molecule has 0 bridgehead atoms. The van der Waals surface area contributed by atoms with E-state index in [-0.39, 0.29) is 2190 Å². The smallest absolute Gasteiger partial charge is 0 e. The first kappa shape index (κ1) is 1350. The molecule has 0 amide bonds. The second-order valence-corrected chi connectivity index (χ2v) is 0. The Kier molecular flexibility index (Phi) is 15400. The van der Waals surface area contributed by atoms with Crippen LogP contribution in [0.15, 0.2) is 0 Å². The Bertz CT molecular complexity index is 8.34. The molecule has 0 aliphatic heterocycles. The third kappa shape index (κ3) is 1350. The standard InChI is InChI=1S/S.119V. The van der Waals surface area contributed by atoms with E-state index in [0.717, 1.165) is 0 Å². The monoisotopic (exact) mass is 6090 g/mol. The van der Waals surface area contributed by atoms with Crippen molar-refractivity contribution in [3.63, 3.8) is 0 Å². The molecule has 0 fully saturated rings. The molecule has 0 aromatic heterocycles. The normalized spacial score (nSPS) is 0.0250. The van der Waals surface area contributed by atoms with Gasteiger partial charge in [-0.15, -0.1) is 0 Å². The van der Waals surface area contributed by atoms with Crippen LogP contribution in [0.2, 0.25) is 0 Å². The minimum atomic E-state index is 0. The average Bonchev–Trinajstić information content (AvgIpc) is 1.00. The summed E-state index contributed by atoms with van der Waals surface area (Å²) >= 11 is 1.90. The molecular formula is SV119. The Morgan fingerprint density at radius 1 is 0.0333 bits per heavy atom. The van der Waals surface area contributed by atoms with Crippen LogP contribution in [0.5, 0.6) is 0 Å². The number of hydrogen-bond acceptors (Lipinski definition) is 1. The minimum Gasteiger partial charge on any atom is 0 e. The topological polar surface area (TPSA) is 0 Å². The van der Waals surface area contributed by atoms with Crippen LogP contribution < -0.4 is 0 Å². The van der Waals surface area contributed by atoms with Crippen molar-refractivity contribution < 1.29 is 2210 Å². The molecule has 0 unspecified atom stereocenters. The second kappa shape index (κ2) is 1370. The predicted molar refractivity (Wildman–Crippen MR) is 7.59 cm³/mol. The van der Waals surface area contributed by atoms with Gasteiger partial charge in [-0.1, -0.05) is 0 Å². The molecule has 0 aliphatic rings. The molecule has 120 heavy (non-hydrogen) atoms. The summed E-state index contributed by atoms with van der Waals surface area (Å²) in [5.41, 5.74) is 0. The molecule has 0 spiro atoms. The molecular weight excluding hydrogens is 6090 g/mol. The predicted octanol–water partition coefficient (Wildman–Crippen LogP) is 0.351. The van der Waals surface area contributed by atoms with Crippen molar-refractivity contribution in [3.8, 4) is 0 Å². The van der Waals surface area contributed by atoms with Gasteiger partial charge in [0.15, 0.2) is 0 Å². The summed E-state index contributed by atoms with van der Waals surface area (Å²) in [7, 11) is 4.02. The van der Waals surface area contributed by atoms with Gasteiger partial charge in [-0.25, -0.2) is 0 Å². The van der Waals surface area contributed by atoms with E-state index < -0.39 is 0 Å². The van der Waals surface area contributed by atoms with Crippen LogP contribution in [0, 0.1) is 0 Å². The van der Waals surface area contributed by atoms with E-state index in [1.54, 1.807) is 0 Å². The summed E-state index contributed by atoms with van der Waals surface area (Å²) in [6.45, 7) is 0. The van der Waals surface area contributed by atoms with Crippen molar-refractivity contribution in [2.24, 2.45) is 0 Å². The molecule has 0 atom stereocenters. The largest absolute Gasteiger partial charge is 0 e. The number of hydrogen-bond donors (Lipinski definition) is 0. The maximum Gasteiger partial charge on any atom is 0 e. The third-order valence-electron chi connectivity index (χ3n) is 0. The summed E-state index contributed by atoms with van der Waals surface area (Å²) in [6, 6.07) is 0. The molecule has 0 aromatic rings. The molecule has 0 aromatic carbocycles. The Balaban J connectivity index is -0.000000000000724. The van der Waals surface area contributed by atoms with Gasteiger partial charge in [-0.05, 0) is 0 Å². The van der Waals surface area contributed by atoms with Crippen LogP contribution in [-0.2, 0) is 2210 Å². The SMILES string of the molecule is [S]=[V].[V].[V].[V].[V].[V].[V].[V].[V].[V].[V].[V].[V].[V].[V].[V].[V].[V].[V].[V].[V].[V].[V].[V].[V].[V].[V].[V].[V].[V].[V].[V].[V].[V].[V].[V].[V].[V].[V].[V].[V].[V].[V].[V].[V].[V].[V].[V].[V].[V].[V].[V].[V].[V].[V].[V].[V].[V].[V].[V].[V].[V].[V].[V].[V].[V].[V].[V].[V].[V].[V].[V].[V].[V].[V].[V].[V].[V].[V].[V].[V].[V].[V].[V].[V].[V].[V].[V].[V].[V].[V].[V].[V].[V].[V].[V].[V].[V].[V].[V].[V].[V].[V].[V].[V].[V].[V].[V].[V].[V].[V].[V].[V].[V].[V].[V].[V].[V].[V]. The van der Waals surface area contributed by atoms with Crippen LogP contribution in [0.25, 0.3) is 0 Å². The van der Waals surface area contributed by atoms with E-state index in [1.807, 2.05) is 15.7 Å². The molecule has 601 valence electrons. The van der Waals surface area contributed by atoms with Gasteiger partial charge in [0.2, 0.25) is 0 Å². The zero-order valence-electron chi connectivity index (χ0n) is 53.6. The Morgan fingerprint density at radius 3 is 0.0333 bits per heavy atom. The molecule has 120 heteroatoms. The maximum absolute atomic E-state index is 4.02. The summed E-state index contributed by atoms with van der Waals surface area (Å²) in [5.74, 6) is 0. The van der Waals surface area contributed by atoms with Gasteiger partial charge in [0, 0.05) is 2190 Å². The minimum absolute atomic E-state index is 0. The van der Waals surface area contributed by atoms with Crippen molar-refractivity contribution in [1.29, 1.82) is 0 Å². The Morgan fingerprint density at radius 2 is 0.0333 bits per heavy atom. The summed E-state index contributed by atoms with van der Waals surface area (Å²) in [4.78, 5) is 0. The van der Waals surface area contributed by atoms with Crippen LogP contribution >= 0.6 is 10.3 Å². The Hall–Kier alpha value is 69.8. The summed E-state index contributed by atoms with van der Waals surface area (Å²) < 4.78 is 0. The fourth-order valence-electron chi connectivity index (χ4n) is 0. The van der Waals surface area contributed by atoms with Crippen LogP contribution in [0.3, 0.4) is 0 Å². The molecule has 0 rings (SSSR count). The van der Waals surface area contributed by atoms with Gasteiger partial charge in [0.25, 0.3) is 0 Å².